The first-order valence-corrected chi connectivity index (χ1v) is 25.3. The third kappa shape index (κ3) is 19.6. The predicted octanol–water partition coefficient (Wildman–Crippen LogP) is 14.3. The number of pyridine rings is 1. The summed E-state index contributed by atoms with van der Waals surface area (Å²) in [6, 6.07) is 15.0. The number of ether oxygens (including phenoxy) is 2. The lowest BCUT2D eigenvalue weighted by Crippen LogP contribution is -2.46. The predicted molar refractivity (Wildman–Crippen MR) is 259 cm³/mol. The Morgan fingerprint density at radius 3 is 1.75 bits per heavy atom. The second-order valence-electron chi connectivity index (χ2n) is 17.4. The molecule has 1 aliphatic rings. The molecule has 2 heterocycles. The van der Waals surface area contributed by atoms with Crippen LogP contribution >= 0.6 is 23.2 Å². The van der Waals surface area contributed by atoms with Crippen molar-refractivity contribution in [2.75, 3.05) is 57.3 Å². The molecule has 10 heteroatoms. The van der Waals surface area contributed by atoms with E-state index in [0.717, 1.165) is 82.3 Å². The Bertz CT molecular complexity index is 1670. The third-order valence-electron chi connectivity index (χ3n) is 12.4. The number of unbranched alkanes of at least 4 members (excludes halogenated alkanes) is 21. The highest BCUT2D eigenvalue weighted by Crippen LogP contribution is 2.33. The minimum absolute atomic E-state index is 0.123. The molecule has 61 heavy (non-hydrogen) atoms. The van der Waals surface area contributed by atoms with Gasteiger partial charge in [-0.15, -0.1) is 0 Å². The summed E-state index contributed by atoms with van der Waals surface area (Å²) in [7, 11) is 0. The summed E-state index contributed by atoms with van der Waals surface area (Å²) in [5.74, 6) is 0.708. The van der Waals surface area contributed by atoms with Crippen molar-refractivity contribution >= 4 is 45.9 Å². The number of nitrogens with zero attached hydrogens (tertiary/aromatic N) is 4. The van der Waals surface area contributed by atoms with Gasteiger partial charge < -0.3 is 19.3 Å². The van der Waals surface area contributed by atoms with E-state index in [1.54, 1.807) is 10.6 Å². The molecule has 1 aliphatic heterocycles. The van der Waals surface area contributed by atoms with Gasteiger partial charge in [0, 0.05) is 51.4 Å². The number of hydrogen-bond acceptors (Lipinski definition) is 6. The number of anilines is 1. The SMILES string of the molecule is CCCCCCCCCCCCCN(CCCCCCCCCCCCC)C(=O)OCn1c(=O)ccc2ccc(OCCCCN3CCN(c4cccc(Cl)c4Cl)CC3)cc21. The topological polar surface area (TPSA) is 67.2 Å². The summed E-state index contributed by atoms with van der Waals surface area (Å²) in [6.45, 7) is 11.2. The zero-order chi connectivity index (χ0) is 43.3. The molecule has 0 spiro atoms. The molecule has 0 atom stereocenters. The maximum absolute atomic E-state index is 13.6. The number of amides is 1. The summed E-state index contributed by atoms with van der Waals surface area (Å²) in [4.78, 5) is 33.5. The van der Waals surface area contributed by atoms with Gasteiger partial charge >= 0.3 is 6.09 Å². The standard InChI is InChI=1S/C51H80Cl2N4O4/c1-3-5-7-9-11-13-15-17-19-21-23-35-56(36-24-22-20-18-16-14-12-10-8-6-4-2)51(59)61-43-57-48-42-45(32-30-44(48)31-33-49(57)58)60-41-26-25-34-54-37-39-55(40-38-54)47-29-27-28-46(52)50(47)53/h27-33,42H,3-26,34-41,43H2,1-2H3. The first-order valence-electron chi connectivity index (χ1n) is 24.5. The van der Waals surface area contributed by atoms with Gasteiger partial charge in [0.15, 0.2) is 6.73 Å². The number of aromatic nitrogens is 1. The van der Waals surface area contributed by atoms with Crippen molar-refractivity contribution in [3.05, 3.63) is 68.9 Å². The normalized spacial score (nSPS) is 13.3. The van der Waals surface area contributed by atoms with Gasteiger partial charge in [0.2, 0.25) is 0 Å². The largest absolute Gasteiger partial charge is 0.494 e. The monoisotopic (exact) mass is 883 g/mol. The highest BCUT2D eigenvalue weighted by molar-refractivity contribution is 6.43. The van der Waals surface area contributed by atoms with E-state index in [1.165, 1.54) is 116 Å². The molecule has 0 bridgehead atoms. The molecule has 0 radical (unpaired) electrons. The van der Waals surface area contributed by atoms with Gasteiger partial charge in [-0.25, -0.2) is 4.79 Å². The molecule has 3 aromatic rings. The van der Waals surface area contributed by atoms with Crippen molar-refractivity contribution in [2.24, 2.45) is 0 Å². The quantitative estimate of drug-likeness (QED) is 0.0568. The van der Waals surface area contributed by atoms with Crippen molar-refractivity contribution < 1.29 is 14.3 Å². The fourth-order valence-corrected chi connectivity index (χ4v) is 8.92. The molecule has 1 fully saturated rings. The molecule has 0 saturated carbocycles. The maximum Gasteiger partial charge on any atom is 0.411 e. The van der Waals surface area contributed by atoms with Crippen molar-refractivity contribution in [2.45, 2.75) is 175 Å². The van der Waals surface area contributed by atoms with Crippen LogP contribution in [0, 0.1) is 0 Å². The maximum atomic E-state index is 13.6. The van der Waals surface area contributed by atoms with Gasteiger partial charge in [-0.05, 0) is 67.9 Å². The number of fused-ring (bicyclic) bond motifs is 1. The Morgan fingerprint density at radius 2 is 1.18 bits per heavy atom. The number of benzene rings is 2. The average molecular weight is 884 g/mol. The Labute approximate surface area is 379 Å². The van der Waals surface area contributed by atoms with E-state index in [0.29, 0.717) is 41.0 Å². The number of rotatable bonds is 33. The summed E-state index contributed by atoms with van der Waals surface area (Å²) in [5.41, 5.74) is 1.52. The van der Waals surface area contributed by atoms with Crippen LogP contribution in [0.3, 0.4) is 0 Å². The Balaban J connectivity index is 1.21. The summed E-state index contributed by atoms with van der Waals surface area (Å²) < 4.78 is 13.7. The van der Waals surface area contributed by atoms with E-state index in [1.807, 2.05) is 47.4 Å². The molecule has 0 aliphatic carbocycles. The van der Waals surface area contributed by atoms with Crippen LogP contribution in [-0.2, 0) is 11.5 Å². The number of hydrogen-bond donors (Lipinski definition) is 0. The summed E-state index contributed by atoms with van der Waals surface area (Å²) in [6.07, 6.45) is 29.6. The number of piperazine rings is 1. The van der Waals surface area contributed by atoms with Crippen LogP contribution < -0.4 is 15.2 Å². The van der Waals surface area contributed by atoms with E-state index >= 15 is 0 Å². The number of carbonyl (C=O) groups excluding carboxylic acids is 1. The average Bonchev–Trinajstić information content (AvgIpc) is 3.27. The van der Waals surface area contributed by atoms with Crippen LogP contribution in [0.4, 0.5) is 10.5 Å². The fourth-order valence-electron chi connectivity index (χ4n) is 8.51. The molecule has 0 N–H and O–H groups in total. The van der Waals surface area contributed by atoms with Crippen LogP contribution in [0.2, 0.25) is 10.0 Å². The highest BCUT2D eigenvalue weighted by Gasteiger charge is 2.20. The van der Waals surface area contributed by atoms with Gasteiger partial charge in [0.1, 0.15) is 5.75 Å². The van der Waals surface area contributed by atoms with Gasteiger partial charge in [0.25, 0.3) is 5.56 Å². The van der Waals surface area contributed by atoms with Crippen LogP contribution in [0.25, 0.3) is 10.9 Å². The zero-order valence-electron chi connectivity index (χ0n) is 38.1. The first kappa shape index (κ1) is 50.7. The molecule has 342 valence electrons. The molecular weight excluding hydrogens is 803 g/mol. The van der Waals surface area contributed by atoms with E-state index < -0.39 is 0 Å². The smallest absolute Gasteiger partial charge is 0.411 e. The Hall–Kier alpha value is -2.94. The van der Waals surface area contributed by atoms with Crippen molar-refractivity contribution in [1.29, 1.82) is 0 Å². The van der Waals surface area contributed by atoms with Crippen LogP contribution in [0.1, 0.15) is 168 Å². The van der Waals surface area contributed by atoms with Crippen LogP contribution in [-0.4, -0.2) is 72.9 Å². The zero-order valence-corrected chi connectivity index (χ0v) is 39.6. The van der Waals surface area contributed by atoms with E-state index in [2.05, 4.69) is 23.6 Å². The Kier molecular flexibility index (Phi) is 25.8. The van der Waals surface area contributed by atoms with Gasteiger partial charge in [-0.1, -0.05) is 172 Å². The lowest BCUT2D eigenvalue weighted by Gasteiger charge is -2.36. The molecule has 8 nitrogen and oxygen atoms in total. The number of halogens is 2. The van der Waals surface area contributed by atoms with Gasteiger partial charge in [-0.3, -0.25) is 14.3 Å². The van der Waals surface area contributed by atoms with E-state index in [9.17, 15) is 9.59 Å². The molecule has 1 amide bonds. The molecule has 1 saturated heterocycles. The highest BCUT2D eigenvalue weighted by atomic mass is 35.5. The Morgan fingerprint density at radius 1 is 0.639 bits per heavy atom. The van der Waals surface area contributed by atoms with Crippen LogP contribution in [0.15, 0.2) is 53.3 Å². The minimum Gasteiger partial charge on any atom is -0.494 e. The van der Waals surface area contributed by atoms with Crippen molar-refractivity contribution in [3.8, 4) is 5.75 Å². The molecular formula is C51H80Cl2N4O4. The fraction of sp³-hybridized carbons (Fsp3) is 0.686. The second kappa shape index (κ2) is 31.0. The van der Waals surface area contributed by atoms with E-state index in [4.69, 9.17) is 32.7 Å². The minimum atomic E-state index is -0.329. The van der Waals surface area contributed by atoms with Crippen molar-refractivity contribution in [3.63, 3.8) is 0 Å². The lowest BCUT2D eigenvalue weighted by molar-refractivity contribution is 0.0748. The summed E-state index contributed by atoms with van der Waals surface area (Å²) >= 11 is 12.7. The molecule has 2 aromatic carbocycles. The summed E-state index contributed by atoms with van der Waals surface area (Å²) in [5, 5.41) is 2.12. The first-order chi connectivity index (χ1) is 29.9. The van der Waals surface area contributed by atoms with Gasteiger partial charge in [-0.2, -0.15) is 0 Å². The molecule has 4 rings (SSSR count). The van der Waals surface area contributed by atoms with Crippen LogP contribution in [0.5, 0.6) is 5.75 Å². The lowest BCUT2D eigenvalue weighted by atomic mass is 10.1. The van der Waals surface area contributed by atoms with Gasteiger partial charge in [0.05, 0.1) is 27.9 Å². The molecule has 1 aromatic heterocycles. The second-order valence-corrected chi connectivity index (χ2v) is 18.2. The third-order valence-corrected chi connectivity index (χ3v) is 13.2. The van der Waals surface area contributed by atoms with Crippen molar-refractivity contribution in [1.82, 2.24) is 14.4 Å². The number of carbonyl (C=O) groups is 1. The molecule has 0 unspecified atom stereocenters. The van der Waals surface area contributed by atoms with E-state index in [-0.39, 0.29) is 18.4 Å².